The summed E-state index contributed by atoms with van der Waals surface area (Å²) < 4.78 is 5.55. The Kier molecular flexibility index (Phi) is 11.6. The van der Waals surface area contributed by atoms with Crippen molar-refractivity contribution < 1.29 is 14.6 Å². The summed E-state index contributed by atoms with van der Waals surface area (Å²) in [6.45, 7) is 9.88. The molecular formula is C38H50O3. The molecule has 4 rings (SSSR count). The topological polar surface area (TPSA) is 46.5 Å². The van der Waals surface area contributed by atoms with Crippen LogP contribution in [0.3, 0.4) is 0 Å². The van der Waals surface area contributed by atoms with Crippen LogP contribution in [0.1, 0.15) is 108 Å². The van der Waals surface area contributed by atoms with Crippen LogP contribution in [0.15, 0.2) is 66.7 Å². The number of aliphatic hydroxyl groups excluding tert-OH is 1. The molecule has 3 aromatic carbocycles. The Hall–Kier alpha value is -2.91. The van der Waals surface area contributed by atoms with Gasteiger partial charge in [-0.15, -0.1) is 0 Å². The Balaban J connectivity index is 1.43. The van der Waals surface area contributed by atoms with Gasteiger partial charge in [0.1, 0.15) is 6.10 Å². The van der Waals surface area contributed by atoms with Gasteiger partial charge in [0.15, 0.2) is 0 Å². The lowest BCUT2D eigenvalue weighted by atomic mass is 9.75. The summed E-state index contributed by atoms with van der Waals surface area (Å²) in [4.78, 5) is 12.0. The van der Waals surface area contributed by atoms with Crippen molar-refractivity contribution in [3.05, 3.63) is 83.4 Å². The van der Waals surface area contributed by atoms with Gasteiger partial charge in [0.25, 0.3) is 0 Å². The maximum atomic E-state index is 12.0. The van der Waals surface area contributed by atoms with Gasteiger partial charge >= 0.3 is 5.97 Å². The highest BCUT2D eigenvalue weighted by Gasteiger charge is 2.24. The zero-order chi connectivity index (χ0) is 29.2. The van der Waals surface area contributed by atoms with Gasteiger partial charge in [-0.05, 0) is 95.5 Å². The molecule has 1 saturated carbocycles. The molecule has 3 aromatic rings. The van der Waals surface area contributed by atoms with Crippen LogP contribution in [0.2, 0.25) is 0 Å². The van der Waals surface area contributed by atoms with Crippen LogP contribution in [-0.2, 0) is 22.4 Å². The first-order valence-corrected chi connectivity index (χ1v) is 16.0. The quantitative estimate of drug-likeness (QED) is 0.123. The Morgan fingerprint density at radius 2 is 1.63 bits per heavy atom. The highest BCUT2D eigenvalue weighted by molar-refractivity contribution is 5.88. The molecule has 1 atom stereocenters. The number of unbranched alkanes of at least 4 members (excludes halogenated alkanes) is 3. The van der Waals surface area contributed by atoms with E-state index in [9.17, 15) is 9.90 Å². The standard InChI is InChI=1S/C38H50O3/c1-5-7-8-9-10-28-11-14-31(15-12-28)37-20-19-35(25-30(37)6-2)34-18-17-32-23-29(13-16-33(32)26-34)24-36(21-22-39)41-38(40)27(3)4/h13,16-20,23,25-26,28,31,36,39H,3,5-12,14-15,21-22,24H2,1-2,4H3. The van der Waals surface area contributed by atoms with E-state index in [1.807, 2.05) is 0 Å². The van der Waals surface area contributed by atoms with Crippen molar-refractivity contribution in [3.63, 3.8) is 0 Å². The van der Waals surface area contributed by atoms with Crippen molar-refractivity contribution in [2.75, 3.05) is 6.61 Å². The minimum atomic E-state index is -0.406. The fraction of sp³-hybridized carbons (Fsp3) is 0.500. The third-order valence-electron chi connectivity index (χ3n) is 9.05. The maximum absolute atomic E-state index is 12.0. The smallest absolute Gasteiger partial charge is 0.333 e. The van der Waals surface area contributed by atoms with Gasteiger partial charge in [0.2, 0.25) is 0 Å². The monoisotopic (exact) mass is 554 g/mol. The number of hydrogen-bond donors (Lipinski definition) is 1. The molecule has 0 radical (unpaired) electrons. The second-order valence-electron chi connectivity index (χ2n) is 12.3. The second kappa shape index (κ2) is 15.4. The molecule has 1 N–H and O–H groups in total. The molecule has 0 aromatic heterocycles. The van der Waals surface area contributed by atoms with Gasteiger partial charge in [-0.2, -0.15) is 0 Å². The number of esters is 1. The SMILES string of the molecule is C=C(C)C(=O)OC(CCO)Cc1ccc2cc(-c3ccc(C4CCC(CCCCCC)CC4)c(CC)c3)ccc2c1. The summed E-state index contributed by atoms with van der Waals surface area (Å²) in [5, 5.41) is 11.8. The number of aryl methyl sites for hydroxylation is 1. The molecule has 0 heterocycles. The third kappa shape index (κ3) is 8.55. The summed E-state index contributed by atoms with van der Waals surface area (Å²) in [5.41, 5.74) is 7.08. The van der Waals surface area contributed by atoms with Crippen LogP contribution in [0.4, 0.5) is 0 Å². The first-order chi connectivity index (χ1) is 19.9. The van der Waals surface area contributed by atoms with Crippen molar-refractivity contribution in [1.29, 1.82) is 0 Å². The van der Waals surface area contributed by atoms with Gasteiger partial charge in [-0.3, -0.25) is 0 Å². The minimum absolute atomic E-state index is 0.0238. The van der Waals surface area contributed by atoms with Gasteiger partial charge in [-0.1, -0.05) is 101 Å². The van der Waals surface area contributed by atoms with Crippen molar-refractivity contribution in [2.45, 2.75) is 110 Å². The van der Waals surface area contributed by atoms with Gasteiger partial charge < -0.3 is 9.84 Å². The predicted molar refractivity (Wildman–Crippen MR) is 172 cm³/mol. The zero-order valence-corrected chi connectivity index (χ0v) is 25.6. The molecular weight excluding hydrogens is 504 g/mol. The minimum Gasteiger partial charge on any atom is -0.459 e. The first-order valence-electron chi connectivity index (χ1n) is 16.0. The summed E-state index contributed by atoms with van der Waals surface area (Å²) in [7, 11) is 0. The maximum Gasteiger partial charge on any atom is 0.333 e. The van der Waals surface area contributed by atoms with Gasteiger partial charge in [0, 0.05) is 25.0 Å². The molecule has 3 heteroatoms. The lowest BCUT2D eigenvalue weighted by Crippen LogP contribution is -2.22. The molecule has 0 spiro atoms. The fourth-order valence-corrected chi connectivity index (χ4v) is 6.57. The molecule has 0 amide bonds. The number of fused-ring (bicyclic) bond motifs is 1. The summed E-state index contributed by atoms with van der Waals surface area (Å²) in [5.74, 6) is 1.25. The molecule has 0 aliphatic heterocycles. The normalized spacial score (nSPS) is 17.9. The zero-order valence-electron chi connectivity index (χ0n) is 25.6. The van der Waals surface area contributed by atoms with E-state index in [1.54, 1.807) is 12.5 Å². The predicted octanol–water partition coefficient (Wildman–Crippen LogP) is 9.73. The van der Waals surface area contributed by atoms with E-state index in [-0.39, 0.29) is 12.7 Å². The van der Waals surface area contributed by atoms with E-state index in [0.29, 0.717) is 24.3 Å². The lowest BCUT2D eigenvalue weighted by Gasteiger charge is -2.30. The third-order valence-corrected chi connectivity index (χ3v) is 9.05. The van der Waals surface area contributed by atoms with E-state index in [4.69, 9.17) is 4.74 Å². The lowest BCUT2D eigenvalue weighted by molar-refractivity contribution is -0.144. The second-order valence-corrected chi connectivity index (χ2v) is 12.3. The number of carbonyl (C=O) groups is 1. The molecule has 0 bridgehead atoms. The molecule has 0 saturated heterocycles. The number of ether oxygens (including phenoxy) is 1. The number of aliphatic hydroxyl groups is 1. The van der Waals surface area contributed by atoms with Crippen molar-refractivity contribution in [1.82, 2.24) is 0 Å². The van der Waals surface area contributed by atoms with E-state index in [0.717, 1.165) is 17.9 Å². The Morgan fingerprint density at radius 1 is 0.927 bits per heavy atom. The van der Waals surface area contributed by atoms with E-state index in [2.05, 4.69) is 75.0 Å². The Morgan fingerprint density at radius 3 is 2.34 bits per heavy atom. The largest absolute Gasteiger partial charge is 0.459 e. The van der Waals surface area contributed by atoms with Crippen LogP contribution < -0.4 is 0 Å². The number of carbonyl (C=O) groups excluding carboxylic acids is 1. The molecule has 1 fully saturated rings. The first kappa shape index (κ1) is 31.0. The summed E-state index contributed by atoms with van der Waals surface area (Å²) >= 11 is 0. The number of hydrogen-bond acceptors (Lipinski definition) is 3. The summed E-state index contributed by atoms with van der Waals surface area (Å²) in [6, 6.07) is 20.3. The van der Waals surface area contributed by atoms with Crippen molar-refractivity contribution in [2.24, 2.45) is 5.92 Å². The van der Waals surface area contributed by atoms with Crippen LogP contribution in [0.25, 0.3) is 21.9 Å². The highest BCUT2D eigenvalue weighted by Crippen LogP contribution is 2.40. The fourth-order valence-electron chi connectivity index (χ4n) is 6.57. The molecule has 1 aliphatic carbocycles. The number of benzene rings is 3. The van der Waals surface area contributed by atoms with Gasteiger partial charge in [0.05, 0.1) is 0 Å². The molecule has 220 valence electrons. The number of rotatable bonds is 14. The van der Waals surface area contributed by atoms with E-state index >= 15 is 0 Å². The molecule has 3 nitrogen and oxygen atoms in total. The van der Waals surface area contributed by atoms with Crippen LogP contribution in [0, 0.1) is 5.92 Å². The molecule has 1 unspecified atom stereocenters. The average Bonchev–Trinajstić information content (AvgIpc) is 2.99. The van der Waals surface area contributed by atoms with Crippen LogP contribution in [-0.4, -0.2) is 23.8 Å². The molecule has 41 heavy (non-hydrogen) atoms. The van der Waals surface area contributed by atoms with E-state index < -0.39 is 5.97 Å². The van der Waals surface area contributed by atoms with Crippen molar-refractivity contribution in [3.8, 4) is 11.1 Å². The van der Waals surface area contributed by atoms with E-state index in [1.165, 1.54) is 85.3 Å². The highest BCUT2D eigenvalue weighted by atomic mass is 16.5. The van der Waals surface area contributed by atoms with Gasteiger partial charge in [-0.25, -0.2) is 4.79 Å². The molecule has 1 aliphatic rings. The van der Waals surface area contributed by atoms with Crippen molar-refractivity contribution >= 4 is 16.7 Å². The Labute approximate surface area is 248 Å². The Bertz CT molecular complexity index is 1300. The summed E-state index contributed by atoms with van der Waals surface area (Å²) in [6.07, 6.45) is 14.1. The van der Waals surface area contributed by atoms with Crippen LogP contribution in [0.5, 0.6) is 0 Å². The average molecular weight is 555 g/mol. The van der Waals surface area contributed by atoms with Crippen LogP contribution >= 0.6 is 0 Å².